The molecule has 1 aliphatic heterocycles. The molecule has 0 radical (unpaired) electrons. The van der Waals surface area contributed by atoms with Crippen molar-refractivity contribution in [2.45, 2.75) is 33.0 Å². The fourth-order valence-corrected chi connectivity index (χ4v) is 4.34. The molecule has 0 aliphatic carbocycles. The molecule has 1 N–H and O–H groups in total. The summed E-state index contributed by atoms with van der Waals surface area (Å²) in [6.07, 6.45) is 1.24. The summed E-state index contributed by atoms with van der Waals surface area (Å²) < 4.78 is 33.7. The van der Waals surface area contributed by atoms with Crippen molar-refractivity contribution in [3.8, 4) is 0 Å². The van der Waals surface area contributed by atoms with Crippen LogP contribution in [-0.4, -0.2) is 69.9 Å². The van der Waals surface area contributed by atoms with E-state index in [0.717, 1.165) is 5.69 Å². The second kappa shape index (κ2) is 6.61. The Morgan fingerprint density at radius 3 is 2.75 bits per heavy atom. The average Bonchev–Trinajstić information content (AvgIpc) is 2.94. The minimum absolute atomic E-state index is 0.00397. The van der Waals surface area contributed by atoms with Crippen molar-refractivity contribution in [1.82, 2.24) is 23.9 Å². The number of hydrogen-bond acceptors (Lipinski definition) is 7. The number of sulfonamides is 1. The number of aromatic nitrogens is 4. The van der Waals surface area contributed by atoms with Crippen LogP contribution in [0.1, 0.15) is 19.5 Å². The zero-order valence-corrected chi connectivity index (χ0v) is 14.8. The van der Waals surface area contributed by atoms with E-state index in [0.29, 0.717) is 24.7 Å². The molecule has 2 atom stereocenters. The number of nitrogens with zero attached hydrogens (tertiary/aromatic N) is 5. The van der Waals surface area contributed by atoms with E-state index in [1.165, 1.54) is 10.6 Å². The van der Waals surface area contributed by atoms with Gasteiger partial charge in [-0.05, 0) is 20.8 Å². The Hall–Kier alpha value is -1.78. The predicted molar refractivity (Wildman–Crippen MR) is 89.4 cm³/mol. The first kappa shape index (κ1) is 17.1. The number of nitrogens with one attached hydrogen (secondary N) is 1. The van der Waals surface area contributed by atoms with Gasteiger partial charge in [0.05, 0.1) is 18.0 Å². The van der Waals surface area contributed by atoms with Gasteiger partial charge in [0, 0.05) is 31.4 Å². The fourth-order valence-electron chi connectivity index (χ4n) is 2.85. The SMILES string of the molecule is Cc1cc(NCCS(=O)(=O)N2CC(C)OC(C)C2)n2ncnc2n1. The zero-order valence-electron chi connectivity index (χ0n) is 14.0. The minimum atomic E-state index is -3.34. The van der Waals surface area contributed by atoms with Gasteiger partial charge in [-0.3, -0.25) is 0 Å². The molecular formula is C14H22N6O3S. The van der Waals surface area contributed by atoms with E-state index in [1.807, 2.05) is 26.8 Å². The molecule has 3 heterocycles. The first-order valence-corrected chi connectivity index (χ1v) is 9.50. The third kappa shape index (κ3) is 3.65. The van der Waals surface area contributed by atoms with Crippen LogP contribution < -0.4 is 5.32 Å². The summed E-state index contributed by atoms with van der Waals surface area (Å²) in [5, 5.41) is 7.20. The molecule has 3 rings (SSSR count). The van der Waals surface area contributed by atoms with Gasteiger partial charge < -0.3 is 10.1 Å². The zero-order chi connectivity index (χ0) is 17.3. The Balaban J connectivity index is 1.65. The van der Waals surface area contributed by atoms with Gasteiger partial charge in [0.15, 0.2) is 0 Å². The van der Waals surface area contributed by atoms with Crippen LogP contribution in [0.3, 0.4) is 0 Å². The number of hydrogen-bond donors (Lipinski definition) is 1. The van der Waals surface area contributed by atoms with Crippen molar-refractivity contribution >= 4 is 21.6 Å². The molecule has 1 fully saturated rings. The number of morpholine rings is 1. The van der Waals surface area contributed by atoms with E-state index in [9.17, 15) is 8.42 Å². The summed E-state index contributed by atoms with van der Waals surface area (Å²) in [6.45, 7) is 6.70. The molecule has 0 saturated carbocycles. The third-order valence-electron chi connectivity index (χ3n) is 3.83. The van der Waals surface area contributed by atoms with Crippen molar-refractivity contribution in [3.05, 3.63) is 18.1 Å². The number of aryl methyl sites for hydroxylation is 1. The molecule has 2 aromatic rings. The van der Waals surface area contributed by atoms with Crippen molar-refractivity contribution < 1.29 is 13.2 Å². The second-order valence-corrected chi connectivity index (χ2v) is 8.16. The van der Waals surface area contributed by atoms with Crippen LogP contribution in [0.2, 0.25) is 0 Å². The van der Waals surface area contributed by atoms with Gasteiger partial charge in [0.25, 0.3) is 5.78 Å². The lowest BCUT2D eigenvalue weighted by Crippen LogP contribution is -2.49. The maximum absolute atomic E-state index is 12.5. The highest BCUT2D eigenvalue weighted by Gasteiger charge is 2.30. The Labute approximate surface area is 141 Å². The molecule has 132 valence electrons. The van der Waals surface area contributed by atoms with Crippen molar-refractivity contribution in [1.29, 1.82) is 0 Å². The maximum atomic E-state index is 12.5. The Bertz CT molecular complexity index is 811. The van der Waals surface area contributed by atoms with E-state index in [1.54, 1.807) is 4.52 Å². The molecule has 10 heteroatoms. The lowest BCUT2D eigenvalue weighted by Gasteiger charge is -2.34. The maximum Gasteiger partial charge on any atom is 0.254 e. The topological polar surface area (TPSA) is 102 Å². The molecule has 2 aromatic heterocycles. The first-order chi connectivity index (χ1) is 11.3. The second-order valence-electron chi connectivity index (χ2n) is 6.07. The molecule has 24 heavy (non-hydrogen) atoms. The monoisotopic (exact) mass is 354 g/mol. The average molecular weight is 354 g/mol. The molecule has 9 nitrogen and oxygen atoms in total. The van der Waals surface area contributed by atoms with Crippen LogP contribution >= 0.6 is 0 Å². The summed E-state index contributed by atoms with van der Waals surface area (Å²) >= 11 is 0. The van der Waals surface area contributed by atoms with Gasteiger partial charge >= 0.3 is 0 Å². The van der Waals surface area contributed by atoms with Gasteiger partial charge in [0.2, 0.25) is 10.0 Å². The largest absolute Gasteiger partial charge is 0.373 e. The van der Waals surface area contributed by atoms with Gasteiger partial charge in [-0.1, -0.05) is 0 Å². The highest BCUT2D eigenvalue weighted by molar-refractivity contribution is 7.89. The Kier molecular flexibility index (Phi) is 4.70. The van der Waals surface area contributed by atoms with Crippen LogP contribution in [0.5, 0.6) is 0 Å². The number of ether oxygens (including phenoxy) is 1. The molecule has 1 aliphatic rings. The minimum Gasteiger partial charge on any atom is -0.373 e. The molecule has 1 saturated heterocycles. The van der Waals surface area contributed by atoms with E-state index in [-0.39, 0.29) is 24.5 Å². The van der Waals surface area contributed by atoms with Crippen LogP contribution in [0.25, 0.3) is 5.78 Å². The number of anilines is 1. The summed E-state index contributed by atoms with van der Waals surface area (Å²) in [7, 11) is -3.34. The van der Waals surface area contributed by atoms with Gasteiger partial charge in [-0.15, -0.1) is 0 Å². The quantitative estimate of drug-likeness (QED) is 0.823. The molecular weight excluding hydrogens is 332 g/mol. The van der Waals surface area contributed by atoms with Crippen LogP contribution in [0.15, 0.2) is 12.4 Å². The number of rotatable bonds is 5. The molecule has 2 unspecified atom stereocenters. The normalized spacial score (nSPS) is 22.8. The third-order valence-corrected chi connectivity index (χ3v) is 5.63. The van der Waals surface area contributed by atoms with Crippen molar-refractivity contribution in [2.75, 3.05) is 30.7 Å². The van der Waals surface area contributed by atoms with E-state index in [2.05, 4.69) is 20.4 Å². The molecule has 0 spiro atoms. The summed E-state index contributed by atoms with van der Waals surface area (Å²) in [5.74, 6) is 1.16. The molecule has 0 aromatic carbocycles. The van der Waals surface area contributed by atoms with Crippen molar-refractivity contribution in [3.63, 3.8) is 0 Å². The van der Waals surface area contributed by atoms with E-state index >= 15 is 0 Å². The van der Waals surface area contributed by atoms with Crippen molar-refractivity contribution in [2.24, 2.45) is 0 Å². The lowest BCUT2D eigenvalue weighted by atomic mass is 10.3. The number of fused-ring (bicyclic) bond motifs is 1. The molecule has 0 amide bonds. The summed E-state index contributed by atoms with van der Waals surface area (Å²) in [4.78, 5) is 8.30. The Morgan fingerprint density at radius 2 is 2.04 bits per heavy atom. The van der Waals surface area contributed by atoms with Gasteiger partial charge in [0.1, 0.15) is 12.1 Å². The summed E-state index contributed by atoms with van der Waals surface area (Å²) in [6, 6.07) is 1.81. The molecule has 0 bridgehead atoms. The highest BCUT2D eigenvalue weighted by Crippen LogP contribution is 2.15. The van der Waals surface area contributed by atoms with Crippen LogP contribution in [-0.2, 0) is 14.8 Å². The predicted octanol–water partition coefficient (Wildman–Crippen LogP) is 0.284. The smallest absolute Gasteiger partial charge is 0.254 e. The Morgan fingerprint density at radius 1 is 1.33 bits per heavy atom. The highest BCUT2D eigenvalue weighted by atomic mass is 32.2. The fraction of sp³-hybridized carbons (Fsp3) is 0.643. The van der Waals surface area contributed by atoms with Crippen LogP contribution in [0, 0.1) is 6.92 Å². The van der Waals surface area contributed by atoms with Crippen LogP contribution in [0.4, 0.5) is 5.82 Å². The lowest BCUT2D eigenvalue weighted by molar-refractivity contribution is -0.0440. The van der Waals surface area contributed by atoms with Gasteiger partial charge in [-0.25, -0.2) is 13.4 Å². The standard InChI is InChI=1S/C14H22N6O3S/c1-10-6-13(20-14(18-10)16-9-17-20)15-4-5-24(21,22)19-7-11(2)23-12(3)8-19/h6,9,11-12,15H,4-5,7-8H2,1-3H3. The van der Waals surface area contributed by atoms with E-state index < -0.39 is 10.0 Å². The van der Waals surface area contributed by atoms with E-state index in [4.69, 9.17) is 4.74 Å². The first-order valence-electron chi connectivity index (χ1n) is 7.89. The van der Waals surface area contributed by atoms with Gasteiger partial charge in [-0.2, -0.15) is 18.9 Å². The summed E-state index contributed by atoms with van der Waals surface area (Å²) in [5.41, 5.74) is 0.789.